The Morgan fingerprint density at radius 2 is 2.08 bits per heavy atom. The van der Waals surface area contributed by atoms with Crippen LogP contribution in [0.25, 0.3) is 10.9 Å². The van der Waals surface area contributed by atoms with Crippen LogP contribution in [0, 0.1) is 0 Å². The Morgan fingerprint density at radius 3 is 2.75 bits per heavy atom. The SMILES string of the molecule is CCn1cc(C(=O)OC(C)C(=O)N2CCNC2=O)c2ccccc21. The number of urea groups is 1. The van der Waals surface area contributed by atoms with Crippen LogP contribution in [0.15, 0.2) is 30.5 Å². The monoisotopic (exact) mass is 329 g/mol. The topological polar surface area (TPSA) is 80.6 Å². The van der Waals surface area contributed by atoms with Gasteiger partial charge in [0.05, 0.1) is 5.56 Å². The van der Waals surface area contributed by atoms with Gasteiger partial charge in [-0.3, -0.25) is 9.69 Å². The van der Waals surface area contributed by atoms with Crippen LogP contribution in [0.1, 0.15) is 24.2 Å². The Hall–Kier alpha value is -2.83. The lowest BCUT2D eigenvalue weighted by atomic mass is 10.2. The van der Waals surface area contributed by atoms with Crippen molar-refractivity contribution in [1.29, 1.82) is 0 Å². The molecule has 0 aliphatic carbocycles. The predicted molar refractivity (Wildman–Crippen MR) is 87.6 cm³/mol. The first-order valence-electron chi connectivity index (χ1n) is 7.91. The lowest BCUT2D eigenvalue weighted by Crippen LogP contribution is -2.41. The van der Waals surface area contributed by atoms with Crippen molar-refractivity contribution in [3.05, 3.63) is 36.0 Å². The molecule has 1 fully saturated rings. The van der Waals surface area contributed by atoms with E-state index in [0.29, 0.717) is 12.1 Å². The molecule has 24 heavy (non-hydrogen) atoms. The fraction of sp³-hybridized carbons (Fsp3) is 0.353. The van der Waals surface area contributed by atoms with Gasteiger partial charge in [-0.15, -0.1) is 0 Å². The summed E-state index contributed by atoms with van der Waals surface area (Å²) in [7, 11) is 0. The van der Waals surface area contributed by atoms with Crippen LogP contribution in [0.3, 0.4) is 0 Å². The molecule has 1 aliphatic rings. The third-order valence-corrected chi connectivity index (χ3v) is 4.10. The average molecular weight is 329 g/mol. The Labute approximate surface area is 139 Å². The smallest absolute Gasteiger partial charge is 0.341 e. The molecule has 1 aromatic heterocycles. The average Bonchev–Trinajstić information content (AvgIpc) is 3.17. The number of amides is 3. The third kappa shape index (κ3) is 2.73. The van der Waals surface area contributed by atoms with Gasteiger partial charge in [0, 0.05) is 36.7 Å². The van der Waals surface area contributed by atoms with E-state index < -0.39 is 24.0 Å². The van der Waals surface area contributed by atoms with Gasteiger partial charge in [0.25, 0.3) is 5.91 Å². The summed E-state index contributed by atoms with van der Waals surface area (Å²) < 4.78 is 7.25. The van der Waals surface area contributed by atoms with Crippen molar-refractivity contribution >= 4 is 28.8 Å². The normalized spacial score (nSPS) is 15.4. The molecule has 2 heterocycles. The summed E-state index contributed by atoms with van der Waals surface area (Å²) in [6, 6.07) is 7.08. The second kappa shape index (κ2) is 6.35. The maximum Gasteiger partial charge on any atom is 0.341 e. The van der Waals surface area contributed by atoms with E-state index in [1.165, 1.54) is 6.92 Å². The lowest BCUT2D eigenvalue weighted by Gasteiger charge is -2.17. The highest BCUT2D eigenvalue weighted by Crippen LogP contribution is 2.22. The van der Waals surface area contributed by atoms with E-state index in [0.717, 1.165) is 22.3 Å². The van der Waals surface area contributed by atoms with Gasteiger partial charge in [-0.05, 0) is 19.9 Å². The molecule has 1 aromatic carbocycles. The first-order valence-corrected chi connectivity index (χ1v) is 7.91. The molecule has 2 aromatic rings. The van der Waals surface area contributed by atoms with Crippen molar-refractivity contribution < 1.29 is 19.1 Å². The summed E-state index contributed by atoms with van der Waals surface area (Å²) in [6.45, 7) is 4.88. The Bertz CT molecular complexity index is 811. The molecule has 126 valence electrons. The number of para-hydroxylation sites is 1. The summed E-state index contributed by atoms with van der Waals surface area (Å²) >= 11 is 0. The van der Waals surface area contributed by atoms with Gasteiger partial charge in [0.1, 0.15) is 0 Å². The molecule has 3 rings (SSSR count). The van der Waals surface area contributed by atoms with E-state index in [1.54, 1.807) is 6.20 Å². The molecule has 1 N–H and O–H groups in total. The van der Waals surface area contributed by atoms with Crippen LogP contribution < -0.4 is 5.32 Å². The minimum Gasteiger partial charge on any atom is -0.449 e. The quantitative estimate of drug-likeness (QED) is 0.867. The third-order valence-electron chi connectivity index (χ3n) is 4.10. The molecule has 7 heteroatoms. The number of rotatable bonds is 4. The molecule has 1 atom stereocenters. The number of hydrogen-bond donors (Lipinski definition) is 1. The fourth-order valence-electron chi connectivity index (χ4n) is 2.85. The standard InChI is InChI=1S/C17H19N3O4/c1-3-19-10-13(12-6-4-5-7-14(12)19)16(22)24-11(2)15(21)20-9-8-18-17(20)23/h4-7,10-11H,3,8-9H2,1-2H3,(H,18,23). The summed E-state index contributed by atoms with van der Waals surface area (Å²) in [5.41, 5.74) is 1.35. The van der Waals surface area contributed by atoms with Crippen LogP contribution in [-0.4, -0.2) is 46.6 Å². The van der Waals surface area contributed by atoms with E-state index in [-0.39, 0.29) is 6.54 Å². The van der Waals surface area contributed by atoms with Gasteiger partial charge in [-0.2, -0.15) is 0 Å². The number of hydrogen-bond acceptors (Lipinski definition) is 4. The number of esters is 1. The van der Waals surface area contributed by atoms with Crippen LogP contribution in [0.5, 0.6) is 0 Å². The molecule has 1 saturated heterocycles. The zero-order valence-corrected chi connectivity index (χ0v) is 13.6. The molecule has 1 aliphatic heterocycles. The largest absolute Gasteiger partial charge is 0.449 e. The Kier molecular flexibility index (Phi) is 4.24. The van der Waals surface area contributed by atoms with Crippen molar-refractivity contribution in [2.75, 3.05) is 13.1 Å². The minimum atomic E-state index is -1.02. The number of nitrogens with zero attached hydrogens (tertiary/aromatic N) is 2. The molecular weight excluding hydrogens is 310 g/mol. The van der Waals surface area contributed by atoms with Gasteiger partial charge >= 0.3 is 12.0 Å². The van der Waals surface area contributed by atoms with E-state index in [4.69, 9.17) is 4.74 Å². The first kappa shape index (κ1) is 16.0. The zero-order valence-electron chi connectivity index (χ0n) is 13.6. The minimum absolute atomic E-state index is 0.286. The van der Waals surface area contributed by atoms with Crippen LogP contribution >= 0.6 is 0 Å². The maximum absolute atomic E-state index is 12.5. The number of carbonyl (C=O) groups is 3. The zero-order chi connectivity index (χ0) is 17.3. The van der Waals surface area contributed by atoms with Gasteiger partial charge in [0.15, 0.2) is 6.10 Å². The molecule has 0 radical (unpaired) electrons. The molecule has 7 nitrogen and oxygen atoms in total. The van der Waals surface area contributed by atoms with Crippen molar-refractivity contribution in [2.24, 2.45) is 0 Å². The number of nitrogens with one attached hydrogen (secondary N) is 1. The molecular formula is C17H19N3O4. The highest BCUT2D eigenvalue weighted by Gasteiger charge is 2.32. The number of ether oxygens (including phenoxy) is 1. The van der Waals surface area contributed by atoms with E-state index in [2.05, 4.69) is 5.32 Å². The number of aromatic nitrogens is 1. The lowest BCUT2D eigenvalue weighted by molar-refractivity contribution is -0.136. The van der Waals surface area contributed by atoms with Crippen molar-refractivity contribution in [3.8, 4) is 0 Å². The number of carbonyl (C=O) groups excluding carboxylic acids is 3. The molecule has 3 amide bonds. The highest BCUT2D eigenvalue weighted by atomic mass is 16.5. The van der Waals surface area contributed by atoms with Crippen LogP contribution in [0.2, 0.25) is 0 Å². The molecule has 0 spiro atoms. The van der Waals surface area contributed by atoms with E-state index in [9.17, 15) is 14.4 Å². The number of fused-ring (bicyclic) bond motifs is 1. The Morgan fingerprint density at radius 1 is 1.33 bits per heavy atom. The number of aryl methyl sites for hydroxylation is 1. The number of benzene rings is 1. The molecule has 0 saturated carbocycles. The van der Waals surface area contributed by atoms with Gasteiger partial charge in [-0.1, -0.05) is 18.2 Å². The summed E-state index contributed by atoms with van der Waals surface area (Å²) in [5, 5.41) is 3.33. The van der Waals surface area contributed by atoms with Gasteiger partial charge < -0.3 is 14.6 Å². The van der Waals surface area contributed by atoms with E-state index >= 15 is 0 Å². The van der Waals surface area contributed by atoms with Crippen molar-refractivity contribution in [2.45, 2.75) is 26.5 Å². The van der Waals surface area contributed by atoms with Crippen molar-refractivity contribution in [3.63, 3.8) is 0 Å². The first-order chi connectivity index (χ1) is 11.5. The Balaban J connectivity index is 1.80. The summed E-state index contributed by atoms with van der Waals surface area (Å²) in [6.07, 6.45) is 0.706. The number of imide groups is 1. The van der Waals surface area contributed by atoms with Crippen LogP contribution in [-0.2, 0) is 16.1 Å². The highest BCUT2D eigenvalue weighted by molar-refractivity contribution is 6.05. The van der Waals surface area contributed by atoms with E-state index in [1.807, 2.05) is 35.8 Å². The van der Waals surface area contributed by atoms with Gasteiger partial charge in [0.2, 0.25) is 0 Å². The summed E-state index contributed by atoms with van der Waals surface area (Å²) in [5.74, 6) is -1.09. The summed E-state index contributed by atoms with van der Waals surface area (Å²) in [4.78, 5) is 37.3. The molecule has 0 bridgehead atoms. The van der Waals surface area contributed by atoms with Gasteiger partial charge in [-0.25, -0.2) is 9.59 Å². The second-order valence-corrected chi connectivity index (χ2v) is 5.62. The molecule has 1 unspecified atom stereocenters. The van der Waals surface area contributed by atoms with Crippen LogP contribution in [0.4, 0.5) is 4.79 Å². The second-order valence-electron chi connectivity index (χ2n) is 5.62. The fourth-order valence-corrected chi connectivity index (χ4v) is 2.85. The maximum atomic E-state index is 12.5. The van der Waals surface area contributed by atoms with Crippen molar-refractivity contribution in [1.82, 2.24) is 14.8 Å². The predicted octanol–water partition coefficient (Wildman–Crippen LogP) is 1.76.